The Balaban J connectivity index is 3.42. The molecule has 0 aliphatic carbocycles. The Morgan fingerprint density at radius 1 is 1.50 bits per heavy atom. The van der Waals surface area contributed by atoms with Gasteiger partial charge in [0.15, 0.2) is 0 Å². The number of methoxy groups -OCH3 is 1. The van der Waals surface area contributed by atoms with Gasteiger partial charge in [0.05, 0.1) is 6.61 Å². The van der Waals surface area contributed by atoms with Gasteiger partial charge in [0.2, 0.25) is 0 Å². The molecule has 0 spiro atoms. The van der Waals surface area contributed by atoms with Crippen molar-refractivity contribution < 1.29 is 9.13 Å². The highest BCUT2D eigenvalue weighted by Crippen LogP contribution is 2.18. The Morgan fingerprint density at radius 3 is 2.50 bits per heavy atom. The Hall–Kier alpha value is -0.110. The van der Waals surface area contributed by atoms with Gasteiger partial charge >= 0.3 is 0 Å². The van der Waals surface area contributed by atoms with E-state index < -0.39 is 5.67 Å². The second kappa shape index (κ2) is 4.67. The molecule has 0 saturated carbocycles. The Labute approximate surface area is 62.6 Å². The summed E-state index contributed by atoms with van der Waals surface area (Å²) in [6, 6.07) is 0. The van der Waals surface area contributed by atoms with Crippen molar-refractivity contribution in [2.24, 2.45) is 0 Å². The van der Waals surface area contributed by atoms with Gasteiger partial charge in [-0.15, -0.1) is 0 Å². The topological polar surface area (TPSA) is 9.23 Å². The molecule has 0 amide bonds. The van der Waals surface area contributed by atoms with Crippen LogP contribution in [0.15, 0.2) is 0 Å². The van der Waals surface area contributed by atoms with E-state index in [-0.39, 0.29) is 6.61 Å². The molecule has 0 saturated heterocycles. The molecule has 0 aliphatic heterocycles. The lowest BCUT2D eigenvalue weighted by atomic mass is 10.0. The molecular formula is C8H17FO. The average molecular weight is 148 g/mol. The number of rotatable bonds is 5. The fourth-order valence-corrected chi connectivity index (χ4v) is 0.918. The number of ether oxygens (including phenoxy) is 1. The van der Waals surface area contributed by atoms with Gasteiger partial charge in [-0.05, 0) is 13.3 Å². The molecule has 0 heterocycles. The highest BCUT2D eigenvalue weighted by molar-refractivity contribution is 4.71. The second-order valence-electron chi connectivity index (χ2n) is 2.95. The van der Waals surface area contributed by atoms with Crippen molar-refractivity contribution in [1.82, 2.24) is 0 Å². The predicted octanol–water partition coefficient (Wildman–Crippen LogP) is 2.55. The second-order valence-corrected chi connectivity index (χ2v) is 2.95. The maximum Gasteiger partial charge on any atom is 0.131 e. The number of alkyl halides is 1. The lowest BCUT2D eigenvalue weighted by Crippen LogP contribution is -2.24. The molecule has 2 heteroatoms. The molecule has 0 aromatic rings. The van der Waals surface area contributed by atoms with Crippen LogP contribution in [0.25, 0.3) is 0 Å². The first-order chi connectivity index (χ1) is 4.62. The Bertz CT molecular complexity index is 81.3. The van der Waals surface area contributed by atoms with Gasteiger partial charge in [-0.25, -0.2) is 4.39 Å². The van der Waals surface area contributed by atoms with E-state index in [0.717, 1.165) is 12.8 Å². The molecule has 0 N–H and O–H groups in total. The first-order valence-electron chi connectivity index (χ1n) is 3.80. The lowest BCUT2D eigenvalue weighted by molar-refractivity contribution is 0.0468. The maximum atomic E-state index is 13.2. The quantitative estimate of drug-likeness (QED) is 0.582. The van der Waals surface area contributed by atoms with Crippen LogP contribution in [0.1, 0.15) is 33.1 Å². The highest BCUT2D eigenvalue weighted by Gasteiger charge is 2.21. The molecule has 1 unspecified atom stereocenters. The minimum Gasteiger partial charge on any atom is -0.381 e. The van der Waals surface area contributed by atoms with Crippen LogP contribution in [-0.4, -0.2) is 19.4 Å². The minimum atomic E-state index is -1.12. The van der Waals surface area contributed by atoms with Crippen LogP contribution in [0, 0.1) is 0 Å². The lowest BCUT2D eigenvalue weighted by Gasteiger charge is -2.18. The largest absolute Gasteiger partial charge is 0.381 e. The number of hydrogen-bond acceptors (Lipinski definition) is 1. The third-order valence-corrected chi connectivity index (χ3v) is 1.50. The summed E-state index contributed by atoms with van der Waals surface area (Å²) in [5.74, 6) is 0. The molecule has 0 bridgehead atoms. The Kier molecular flexibility index (Phi) is 4.62. The molecule has 0 radical (unpaired) electrons. The third-order valence-electron chi connectivity index (χ3n) is 1.50. The van der Waals surface area contributed by atoms with E-state index in [1.807, 2.05) is 0 Å². The molecule has 0 fully saturated rings. The number of halogens is 1. The molecule has 0 rings (SSSR count). The fourth-order valence-electron chi connectivity index (χ4n) is 0.918. The summed E-state index contributed by atoms with van der Waals surface area (Å²) in [5.41, 5.74) is -1.12. The van der Waals surface area contributed by atoms with Crippen molar-refractivity contribution in [2.75, 3.05) is 13.7 Å². The van der Waals surface area contributed by atoms with Gasteiger partial charge in [0, 0.05) is 7.11 Å². The summed E-state index contributed by atoms with van der Waals surface area (Å²) in [5, 5.41) is 0. The van der Waals surface area contributed by atoms with Crippen LogP contribution in [0.4, 0.5) is 4.39 Å². The van der Waals surface area contributed by atoms with Crippen LogP contribution in [-0.2, 0) is 4.74 Å². The molecule has 1 nitrogen and oxygen atoms in total. The van der Waals surface area contributed by atoms with Crippen molar-refractivity contribution in [3.63, 3.8) is 0 Å². The zero-order chi connectivity index (χ0) is 8.04. The normalized spacial score (nSPS) is 16.8. The van der Waals surface area contributed by atoms with E-state index in [9.17, 15) is 4.39 Å². The van der Waals surface area contributed by atoms with E-state index in [1.54, 1.807) is 6.92 Å². The van der Waals surface area contributed by atoms with Crippen LogP contribution < -0.4 is 0 Å². The van der Waals surface area contributed by atoms with E-state index >= 15 is 0 Å². The minimum absolute atomic E-state index is 0.215. The summed E-state index contributed by atoms with van der Waals surface area (Å²) in [6.45, 7) is 3.86. The van der Waals surface area contributed by atoms with Crippen molar-refractivity contribution in [3.05, 3.63) is 0 Å². The van der Waals surface area contributed by atoms with E-state index in [1.165, 1.54) is 7.11 Å². The third kappa shape index (κ3) is 4.74. The summed E-state index contributed by atoms with van der Waals surface area (Å²) >= 11 is 0. The summed E-state index contributed by atoms with van der Waals surface area (Å²) in [6.07, 6.45) is 2.59. The summed E-state index contributed by atoms with van der Waals surface area (Å²) < 4.78 is 17.9. The van der Waals surface area contributed by atoms with Gasteiger partial charge in [-0.3, -0.25) is 0 Å². The van der Waals surface area contributed by atoms with Crippen LogP contribution >= 0.6 is 0 Å². The first-order valence-corrected chi connectivity index (χ1v) is 3.80. The molecule has 1 atom stereocenters. The molecule has 0 aromatic carbocycles. The van der Waals surface area contributed by atoms with Gasteiger partial charge < -0.3 is 4.74 Å². The van der Waals surface area contributed by atoms with Crippen molar-refractivity contribution >= 4 is 0 Å². The number of unbranched alkanes of at least 4 members (excludes halogenated alkanes) is 1. The van der Waals surface area contributed by atoms with E-state index in [0.29, 0.717) is 6.42 Å². The van der Waals surface area contributed by atoms with Crippen LogP contribution in [0.3, 0.4) is 0 Å². The Morgan fingerprint density at radius 2 is 2.10 bits per heavy atom. The van der Waals surface area contributed by atoms with E-state index in [2.05, 4.69) is 6.92 Å². The van der Waals surface area contributed by atoms with Crippen molar-refractivity contribution in [1.29, 1.82) is 0 Å². The number of hydrogen-bond donors (Lipinski definition) is 0. The van der Waals surface area contributed by atoms with Crippen molar-refractivity contribution in [2.45, 2.75) is 38.8 Å². The molecule has 62 valence electrons. The molecular weight excluding hydrogens is 131 g/mol. The van der Waals surface area contributed by atoms with Crippen molar-refractivity contribution in [3.8, 4) is 0 Å². The first kappa shape index (κ1) is 9.89. The molecule has 0 aliphatic rings. The van der Waals surface area contributed by atoms with Gasteiger partial charge in [-0.2, -0.15) is 0 Å². The monoisotopic (exact) mass is 148 g/mol. The highest BCUT2D eigenvalue weighted by atomic mass is 19.1. The smallest absolute Gasteiger partial charge is 0.131 e. The molecule has 10 heavy (non-hydrogen) atoms. The predicted molar refractivity (Wildman–Crippen MR) is 40.9 cm³/mol. The zero-order valence-electron chi connectivity index (χ0n) is 7.11. The average Bonchev–Trinajstić information content (AvgIpc) is 1.84. The van der Waals surface area contributed by atoms with Crippen LogP contribution in [0.2, 0.25) is 0 Å². The fraction of sp³-hybridized carbons (Fsp3) is 1.00. The zero-order valence-corrected chi connectivity index (χ0v) is 7.11. The maximum absolute atomic E-state index is 13.2. The van der Waals surface area contributed by atoms with Gasteiger partial charge in [0.25, 0.3) is 0 Å². The SMILES string of the molecule is CCCCC(C)(F)COC. The summed E-state index contributed by atoms with van der Waals surface area (Å²) in [7, 11) is 1.53. The standard InChI is InChI=1S/C8H17FO/c1-4-5-6-8(2,9)7-10-3/h4-7H2,1-3H3. The molecule has 0 aromatic heterocycles. The van der Waals surface area contributed by atoms with Gasteiger partial charge in [0.1, 0.15) is 5.67 Å². The van der Waals surface area contributed by atoms with Gasteiger partial charge in [-0.1, -0.05) is 19.8 Å². The summed E-state index contributed by atoms with van der Waals surface area (Å²) in [4.78, 5) is 0. The van der Waals surface area contributed by atoms with E-state index in [4.69, 9.17) is 4.74 Å². The van der Waals surface area contributed by atoms with Crippen LogP contribution in [0.5, 0.6) is 0 Å².